The number of hydrogen-bond acceptors (Lipinski definition) is 5. The summed E-state index contributed by atoms with van der Waals surface area (Å²) in [6.07, 6.45) is 0.831. The molecule has 0 aliphatic carbocycles. The molecule has 6 nitrogen and oxygen atoms in total. The zero-order valence-electron chi connectivity index (χ0n) is 21.9. The minimum atomic E-state index is -0.826. The molecule has 1 unspecified atom stereocenters. The number of aliphatic hydroxyl groups excluding tert-OH is 1. The molecule has 3 aromatic carbocycles. The quantitative estimate of drug-likeness (QED) is 0.217. The Morgan fingerprint density at radius 2 is 1.62 bits per heavy atom. The van der Waals surface area contributed by atoms with Gasteiger partial charge in [0.25, 0.3) is 11.7 Å². The molecule has 1 amide bonds. The van der Waals surface area contributed by atoms with E-state index >= 15 is 0 Å². The molecule has 1 aliphatic heterocycles. The summed E-state index contributed by atoms with van der Waals surface area (Å²) >= 11 is 0. The topological polar surface area (TPSA) is 76.1 Å². The molecule has 37 heavy (non-hydrogen) atoms. The number of aliphatic hydroxyl groups is 1. The van der Waals surface area contributed by atoms with Crippen molar-refractivity contribution < 1.29 is 24.2 Å². The van der Waals surface area contributed by atoms with Crippen molar-refractivity contribution in [1.29, 1.82) is 0 Å². The summed E-state index contributed by atoms with van der Waals surface area (Å²) in [7, 11) is 0. The fourth-order valence-corrected chi connectivity index (χ4v) is 4.62. The van der Waals surface area contributed by atoms with Crippen molar-refractivity contribution in [2.75, 3.05) is 11.5 Å². The monoisotopic (exact) mass is 499 g/mol. The molecule has 0 saturated carbocycles. The van der Waals surface area contributed by atoms with Gasteiger partial charge in [-0.05, 0) is 99.3 Å². The molecule has 1 fully saturated rings. The Hall–Kier alpha value is -4.06. The van der Waals surface area contributed by atoms with E-state index in [2.05, 4.69) is 0 Å². The van der Waals surface area contributed by atoms with Gasteiger partial charge in [-0.3, -0.25) is 14.5 Å². The molecular formula is C31H33NO5. The number of benzene rings is 3. The number of rotatable bonds is 8. The van der Waals surface area contributed by atoms with E-state index in [0.29, 0.717) is 34.9 Å². The lowest BCUT2D eigenvalue weighted by atomic mass is 9.94. The zero-order chi connectivity index (χ0) is 26.7. The summed E-state index contributed by atoms with van der Waals surface area (Å²) in [5, 5.41) is 11.4. The number of anilines is 1. The third kappa shape index (κ3) is 5.53. The highest BCUT2D eigenvalue weighted by atomic mass is 16.5. The van der Waals surface area contributed by atoms with Crippen LogP contribution >= 0.6 is 0 Å². The SMILES string of the molecule is CCCOc1ccc(/C(O)=C2\C(=O)C(=O)N(c3cc(C)cc(C)c3)C2c2cccc(OC(C)C)c2)cc1. The summed E-state index contributed by atoms with van der Waals surface area (Å²) in [5.74, 6) is -0.356. The Labute approximate surface area is 218 Å². The van der Waals surface area contributed by atoms with E-state index in [1.807, 2.05) is 77.1 Å². The van der Waals surface area contributed by atoms with E-state index < -0.39 is 17.7 Å². The molecule has 192 valence electrons. The van der Waals surface area contributed by atoms with Crippen LogP contribution in [0.5, 0.6) is 11.5 Å². The van der Waals surface area contributed by atoms with Crippen LogP contribution in [0.2, 0.25) is 0 Å². The van der Waals surface area contributed by atoms with E-state index in [4.69, 9.17) is 9.47 Å². The number of carbonyl (C=O) groups is 2. The van der Waals surface area contributed by atoms with Gasteiger partial charge in [0.1, 0.15) is 17.3 Å². The van der Waals surface area contributed by atoms with Gasteiger partial charge in [0.05, 0.1) is 24.3 Å². The fourth-order valence-electron chi connectivity index (χ4n) is 4.62. The average Bonchev–Trinajstić information content (AvgIpc) is 3.12. The summed E-state index contributed by atoms with van der Waals surface area (Å²) < 4.78 is 11.5. The molecule has 0 spiro atoms. The second-order valence-corrected chi connectivity index (χ2v) is 9.63. The van der Waals surface area contributed by atoms with Gasteiger partial charge in [0.2, 0.25) is 0 Å². The molecule has 0 bridgehead atoms. The first-order valence-corrected chi connectivity index (χ1v) is 12.6. The van der Waals surface area contributed by atoms with Crippen LogP contribution in [0.15, 0.2) is 72.3 Å². The highest BCUT2D eigenvalue weighted by Gasteiger charge is 2.47. The van der Waals surface area contributed by atoms with Crippen LogP contribution in [0.3, 0.4) is 0 Å². The van der Waals surface area contributed by atoms with Gasteiger partial charge < -0.3 is 14.6 Å². The number of hydrogen-bond donors (Lipinski definition) is 1. The Kier molecular flexibility index (Phi) is 7.67. The summed E-state index contributed by atoms with van der Waals surface area (Å²) in [6, 6.07) is 19.1. The molecule has 0 radical (unpaired) electrons. The maximum Gasteiger partial charge on any atom is 0.300 e. The highest BCUT2D eigenvalue weighted by Crippen LogP contribution is 2.43. The van der Waals surface area contributed by atoms with Gasteiger partial charge in [-0.25, -0.2) is 0 Å². The zero-order valence-corrected chi connectivity index (χ0v) is 21.9. The lowest BCUT2D eigenvalue weighted by molar-refractivity contribution is -0.132. The van der Waals surface area contributed by atoms with Crippen molar-refractivity contribution in [2.24, 2.45) is 0 Å². The van der Waals surface area contributed by atoms with Gasteiger partial charge >= 0.3 is 0 Å². The van der Waals surface area contributed by atoms with Crippen LogP contribution in [-0.4, -0.2) is 29.5 Å². The predicted octanol–water partition coefficient (Wildman–Crippen LogP) is 6.51. The molecule has 1 N–H and O–H groups in total. The number of ether oxygens (including phenoxy) is 2. The molecule has 1 aliphatic rings. The van der Waals surface area contributed by atoms with Crippen molar-refractivity contribution in [3.05, 3.63) is 94.6 Å². The molecular weight excluding hydrogens is 466 g/mol. The number of amides is 1. The second-order valence-electron chi connectivity index (χ2n) is 9.63. The third-order valence-electron chi connectivity index (χ3n) is 6.08. The lowest BCUT2D eigenvalue weighted by Crippen LogP contribution is -2.29. The number of carbonyl (C=O) groups excluding carboxylic acids is 2. The fraction of sp³-hybridized carbons (Fsp3) is 0.290. The standard InChI is InChI=1S/C31H33NO5/c1-6-14-36-25-12-10-22(11-13-25)29(33)27-28(23-8-7-9-26(18-23)37-19(2)3)32(31(35)30(27)34)24-16-20(4)15-21(5)17-24/h7-13,15-19,28,33H,6,14H2,1-5H3/b29-27+. The Morgan fingerprint density at radius 3 is 2.24 bits per heavy atom. The van der Waals surface area contributed by atoms with Gasteiger partial charge in [-0.1, -0.05) is 25.1 Å². The van der Waals surface area contributed by atoms with Gasteiger partial charge in [-0.15, -0.1) is 0 Å². The van der Waals surface area contributed by atoms with Crippen molar-refractivity contribution in [3.63, 3.8) is 0 Å². The van der Waals surface area contributed by atoms with E-state index in [1.54, 1.807) is 24.3 Å². The first-order chi connectivity index (χ1) is 17.7. The largest absolute Gasteiger partial charge is 0.507 e. The van der Waals surface area contributed by atoms with Crippen LogP contribution < -0.4 is 14.4 Å². The third-order valence-corrected chi connectivity index (χ3v) is 6.08. The number of aryl methyl sites for hydroxylation is 2. The maximum atomic E-state index is 13.5. The van der Waals surface area contributed by atoms with E-state index in [1.165, 1.54) is 4.90 Å². The molecule has 0 aromatic heterocycles. The van der Waals surface area contributed by atoms with Crippen molar-refractivity contribution in [3.8, 4) is 11.5 Å². The van der Waals surface area contributed by atoms with Crippen molar-refractivity contribution in [1.82, 2.24) is 0 Å². The van der Waals surface area contributed by atoms with Gasteiger partial charge in [0, 0.05) is 11.3 Å². The number of nitrogens with zero attached hydrogens (tertiary/aromatic N) is 1. The smallest absolute Gasteiger partial charge is 0.300 e. The maximum absolute atomic E-state index is 13.5. The van der Waals surface area contributed by atoms with Crippen molar-refractivity contribution >= 4 is 23.1 Å². The molecule has 1 saturated heterocycles. The summed E-state index contributed by atoms with van der Waals surface area (Å²) in [5.41, 5.74) is 3.67. The Balaban J connectivity index is 1.88. The minimum Gasteiger partial charge on any atom is -0.507 e. The predicted molar refractivity (Wildman–Crippen MR) is 145 cm³/mol. The van der Waals surface area contributed by atoms with Crippen molar-refractivity contribution in [2.45, 2.75) is 53.2 Å². The van der Waals surface area contributed by atoms with E-state index in [0.717, 1.165) is 17.5 Å². The molecule has 6 heteroatoms. The van der Waals surface area contributed by atoms with Crippen LogP contribution in [0, 0.1) is 13.8 Å². The summed E-state index contributed by atoms with van der Waals surface area (Å²) in [6.45, 7) is 10.4. The molecule has 1 atom stereocenters. The Morgan fingerprint density at radius 1 is 0.946 bits per heavy atom. The highest BCUT2D eigenvalue weighted by molar-refractivity contribution is 6.51. The Bertz CT molecular complexity index is 1320. The molecule has 3 aromatic rings. The van der Waals surface area contributed by atoms with Crippen LogP contribution in [0.25, 0.3) is 5.76 Å². The van der Waals surface area contributed by atoms with E-state index in [-0.39, 0.29) is 17.4 Å². The number of Topliss-reactive ketones (excluding diaryl/α,β-unsaturated/α-hetero) is 1. The normalized spacial score (nSPS) is 16.9. The first kappa shape index (κ1) is 26.0. The van der Waals surface area contributed by atoms with Crippen LogP contribution in [-0.2, 0) is 9.59 Å². The first-order valence-electron chi connectivity index (χ1n) is 12.6. The van der Waals surface area contributed by atoms with E-state index in [9.17, 15) is 14.7 Å². The van der Waals surface area contributed by atoms with Crippen LogP contribution in [0.4, 0.5) is 5.69 Å². The second kappa shape index (κ2) is 10.9. The molecule has 4 rings (SSSR count). The van der Waals surface area contributed by atoms with Gasteiger partial charge in [0.15, 0.2) is 0 Å². The minimum absolute atomic E-state index is 0.0353. The van der Waals surface area contributed by atoms with Gasteiger partial charge in [-0.2, -0.15) is 0 Å². The average molecular weight is 500 g/mol. The lowest BCUT2D eigenvalue weighted by Gasteiger charge is -2.26. The molecule has 1 heterocycles. The number of ketones is 1. The van der Waals surface area contributed by atoms with Crippen LogP contribution in [0.1, 0.15) is 55.5 Å². The summed E-state index contributed by atoms with van der Waals surface area (Å²) in [4.78, 5) is 28.4.